The fourth-order valence-corrected chi connectivity index (χ4v) is 0.733. The van der Waals surface area contributed by atoms with Gasteiger partial charge in [-0.2, -0.15) is 0 Å². The lowest BCUT2D eigenvalue weighted by atomic mass is 10.2. The normalized spacial score (nSPS) is 18.1. The Kier molecular flexibility index (Phi) is 5.89. The standard InChI is InChI=1S/C8H14O8/c1-3(9)15-7(13)5(11)6(12)8(14)16-4(2)10/h3-6,9-12H,1-2H3. The number of esters is 2. The molecule has 0 aliphatic carbocycles. The van der Waals surface area contributed by atoms with Crippen LogP contribution in [0.15, 0.2) is 0 Å². The molecule has 0 radical (unpaired) electrons. The van der Waals surface area contributed by atoms with Crippen LogP contribution >= 0.6 is 0 Å². The Labute approximate surface area is 91.0 Å². The summed E-state index contributed by atoms with van der Waals surface area (Å²) in [6.07, 6.45) is -7.36. The van der Waals surface area contributed by atoms with Gasteiger partial charge in [0.2, 0.25) is 0 Å². The topological polar surface area (TPSA) is 134 Å². The molecule has 0 aromatic heterocycles. The van der Waals surface area contributed by atoms with Crippen molar-refractivity contribution in [3.63, 3.8) is 0 Å². The zero-order valence-corrected chi connectivity index (χ0v) is 8.73. The summed E-state index contributed by atoms with van der Waals surface area (Å²) in [5, 5.41) is 35.5. The molecule has 0 bridgehead atoms. The van der Waals surface area contributed by atoms with Crippen LogP contribution in [0.5, 0.6) is 0 Å². The Morgan fingerprint density at radius 3 is 1.25 bits per heavy atom. The predicted octanol–water partition coefficient (Wildman–Crippen LogP) is -2.53. The first-order valence-corrected chi connectivity index (χ1v) is 4.39. The molecule has 4 N–H and O–H groups in total. The summed E-state index contributed by atoms with van der Waals surface area (Å²) in [5.41, 5.74) is 0. The molecule has 0 spiro atoms. The van der Waals surface area contributed by atoms with Crippen molar-refractivity contribution < 1.29 is 39.5 Å². The Morgan fingerprint density at radius 2 is 1.06 bits per heavy atom. The summed E-state index contributed by atoms with van der Waals surface area (Å²) >= 11 is 0. The molecule has 0 rings (SSSR count). The Balaban J connectivity index is 4.31. The molecule has 0 fully saturated rings. The van der Waals surface area contributed by atoms with Crippen LogP contribution < -0.4 is 0 Å². The predicted molar refractivity (Wildman–Crippen MR) is 47.6 cm³/mol. The number of hydrogen-bond donors (Lipinski definition) is 4. The zero-order chi connectivity index (χ0) is 12.9. The van der Waals surface area contributed by atoms with Crippen molar-refractivity contribution in [2.75, 3.05) is 0 Å². The van der Waals surface area contributed by atoms with Crippen LogP contribution in [0.2, 0.25) is 0 Å². The maximum Gasteiger partial charge on any atom is 0.340 e. The second kappa shape index (κ2) is 6.38. The molecule has 0 amide bonds. The van der Waals surface area contributed by atoms with Crippen LogP contribution in [0.25, 0.3) is 0 Å². The number of hydrogen-bond acceptors (Lipinski definition) is 8. The van der Waals surface area contributed by atoms with Crippen molar-refractivity contribution in [3.05, 3.63) is 0 Å². The van der Waals surface area contributed by atoms with E-state index < -0.39 is 36.7 Å². The van der Waals surface area contributed by atoms with Crippen molar-refractivity contribution in [1.82, 2.24) is 0 Å². The van der Waals surface area contributed by atoms with Gasteiger partial charge in [0.25, 0.3) is 0 Å². The first kappa shape index (κ1) is 14.8. The van der Waals surface area contributed by atoms with Crippen LogP contribution in [-0.2, 0) is 19.1 Å². The maximum atomic E-state index is 10.9. The number of carbonyl (C=O) groups excluding carboxylic acids is 2. The van der Waals surface area contributed by atoms with Crippen molar-refractivity contribution in [2.24, 2.45) is 0 Å². The van der Waals surface area contributed by atoms with Gasteiger partial charge in [-0.1, -0.05) is 0 Å². The van der Waals surface area contributed by atoms with Crippen molar-refractivity contribution in [2.45, 2.75) is 38.6 Å². The third kappa shape index (κ3) is 5.03. The largest absolute Gasteiger partial charge is 0.434 e. The lowest BCUT2D eigenvalue weighted by molar-refractivity contribution is -0.194. The summed E-state index contributed by atoms with van der Waals surface area (Å²) in [4.78, 5) is 21.8. The average Bonchev–Trinajstić information content (AvgIpc) is 2.13. The molecule has 0 heterocycles. The van der Waals surface area contributed by atoms with Gasteiger partial charge in [0.1, 0.15) is 0 Å². The molecule has 16 heavy (non-hydrogen) atoms. The van der Waals surface area contributed by atoms with E-state index in [1.165, 1.54) is 0 Å². The molecule has 0 saturated heterocycles. The zero-order valence-electron chi connectivity index (χ0n) is 8.73. The van der Waals surface area contributed by atoms with E-state index in [9.17, 15) is 9.59 Å². The number of carbonyl (C=O) groups is 2. The van der Waals surface area contributed by atoms with Crippen LogP contribution in [0, 0.1) is 0 Å². The van der Waals surface area contributed by atoms with Crippen molar-refractivity contribution in [1.29, 1.82) is 0 Å². The number of ether oxygens (including phenoxy) is 2. The summed E-state index contributed by atoms with van der Waals surface area (Å²) in [6.45, 7) is 2.20. The van der Waals surface area contributed by atoms with Gasteiger partial charge in [0, 0.05) is 0 Å². The summed E-state index contributed by atoms with van der Waals surface area (Å²) < 4.78 is 8.25. The quantitative estimate of drug-likeness (QED) is 0.304. The molecular formula is C8H14O8. The Morgan fingerprint density at radius 1 is 0.812 bits per heavy atom. The number of rotatable bonds is 5. The molecule has 0 aromatic carbocycles. The van der Waals surface area contributed by atoms with Crippen LogP contribution in [0.4, 0.5) is 0 Å². The Hall–Kier alpha value is -1.22. The SMILES string of the molecule is CC(O)OC(=O)C(O)C(O)C(=O)OC(C)O. The monoisotopic (exact) mass is 238 g/mol. The average molecular weight is 238 g/mol. The highest BCUT2D eigenvalue weighted by atomic mass is 16.7. The molecule has 8 heteroatoms. The van der Waals surface area contributed by atoms with E-state index in [1.807, 2.05) is 0 Å². The minimum absolute atomic E-state index is 1.10. The minimum Gasteiger partial charge on any atom is -0.434 e. The van der Waals surface area contributed by atoms with E-state index in [4.69, 9.17) is 20.4 Å². The fourth-order valence-electron chi connectivity index (χ4n) is 0.733. The maximum absolute atomic E-state index is 10.9. The van der Waals surface area contributed by atoms with E-state index in [1.54, 1.807) is 0 Å². The van der Waals surface area contributed by atoms with E-state index in [0.29, 0.717) is 0 Å². The second-order valence-electron chi connectivity index (χ2n) is 2.96. The lowest BCUT2D eigenvalue weighted by Gasteiger charge is -2.17. The van der Waals surface area contributed by atoms with Gasteiger partial charge in [-0.25, -0.2) is 9.59 Å². The highest BCUT2D eigenvalue weighted by molar-refractivity contribution is 5.85. The highest BCUT2D eigenvalue weighted by Crippen LogP contribution is 2.02. The van der Waals surface area contributed by atoms with Crippen LogP contribution in [-0.4, -0.2) is 57.2 Å². The smallest absolute Gasteiger partial charge is 0.340 e. The van der Waals surface area contributed by atoms with Crippen LogP contribution in [0.1, 0.15) is 13.8 Å². The van der Waals surface area contributed by atoms with Gasteiger partial charge >= 0.3 is 11.9 Å². The van der Waals surface area contributed by atoms with E-state index in [-0.39, 0.29) is 0 Å². The summed E-state index contributed by atoms with van der Waals surface area (Å²) in [6, 6.07) is 0. The first-order chi connectivity index (χ1) is 7.25. The lowest BCUT2D eigenvalue weighted by Crippen LogP contribution is -2.43. The fraction of sp³-hybridized carbons (Fsp3) is 0.750. The molecular weight excluding hydrogens is 224 g/mol. The highest BCUT2D eigenvalue weighted by Gasteiger charge is 2.34. The van der Waals surface area contributed by atoms with Gasteiger partial charge in [-0.05, 0) is 13.8 Å². The third-order valence-corrected chi connectivity index (χ3v) is 1.36. The third-order valence-electron chi connectivity index (χ3n) is 1.36. The van der Waals surface area contributed by atoms with Gasteiger partial charge in [0.15, 0.2) is 24.8 Å². The van der Waals surface area contributed by atoms with Gasteiger partial charge in [-0.3, -0.25) is 0 Å². The van der Waals surface area contributed by atoms with Crippen LogP contribution in [0.3, 0.4) is 0 Å². The van der Waals surface area contributed by atoms with E-state index in [0.717, 1.165) is 13.8 Å². The molecule has 94 valence electrons. The summed E-state index contributed by atoms with van der Waals surface area (Å²) in [7, 11) is 0. The molecule has 0 aliphatic heterocycles. The molecule has 0 aromatic rings. The Bertz CT molecular complexity index is 222. The summed E-state index contributed by atoms with van der Waals surface area (Å²) in [5.74, 6) is -2.77. The van der Waals surface area contributed by atoms with Crippen molar-refractivity contribution in [3.8, 4) is 0 Å². The molecule has 0 aliphatic rings. The van der Waals surface area contributed by atoms with Gasteiger partial charge in [0.05, 0.1) is 0 Å². The first-order valence-electron chi connectivity index (χ1n) is 4.39. The number of aliphatic hydroxyl groups is 4. The van der Waals surface area contributed by atoms with E-state index in [2.05, 4.69) is 9.47 Å². The minimum atomic E-state index is -2.19. The van der Waals surface area contributed by atoms with Gasteiger partial charge in [-0.15, -0.1) is 0 Å². The van der Waals surface area contributed by atoms with Crippen molar-refractivity contribution >= 4 is 11.9 Å². The van der Waals surface area contributed by atoms with E-state index >= 15 is 0 Å². The molecule has 8 nitrogen and oxygen atoms in total. The molecule has 4 atom stereocenters. The molecule has 0 saturated carbocycles. The second-order valence-corrected chi connectivity index (χ2v) is 2.96. The molecule has 4 unspecified atom stereocenters. The number of aliphatic hydroxyl groups excluding tert-OH is 4. The van der Waals surface area contributed by atoms with Gasteiger partial charge < -0.3 is 29.9 Å².